The maximum atomic E-state index is 11.2. The fraction of sp³-hybridized carbons (Fsp3) is 0.100. The van der Waals surface area contributed by atoms with E-state index < -0.39 is 5.56 Å². The molecule has 0 saturated heterocycles. The van der Waals surface area contributed by atoms with E-state index in [0.29, 0.717) is 10.2 Å². The van der Waals surface area contributed by atoms with Gasteiger partial charge in [0.05, 0.1) is 5.52 Å². The van der Waals surface area contributed by atoms with Gasteiger partial charge in [0.1, 0.15) is 0 Å². The van der Waals surface area contributed by atoms with Gasteiger partial charge in [0.25, 0.3) is 5.56 Å². The maximum Gasteiger partial charge on any atom is 0.283 e. The summed E-state index contributed by atoms with van der Waals surface area (Å²) in [7, 11) is 0. The third-order valence-corrected chi connectivity index (χ3v) is 2.11. The van der Waals surface area contributed by atoms with Crippen LogP contribution in [0.1, 0.15) is 5.56 Å². The van der Waals surface area contributed by atoms with Crippen LogP contribution < -0.4 is 5.56 Å². The zero-order valence-electron chi connectivity index (χ0n) is 7.19. The van der Waals surface area contributed by atoms with Crippen LogP contribution in [0.2, 0.25) is 0 Å². The molecule has 0 unspecified atom stereocenters. The Morgan fingerprint density at radius 3 is 2.77 bits per heavy atom. The predicted molar refractivity (Wildman–Crippen MR) is 50.1 cm³/mol. The van der Waals surface area contributed by atoms with Gasteiger partial charge in [-0.2, -0.15) is 0 Å². The summed E-state index contributed by atoms with van der Waals surface area (Å²) in [6, 6.07) is 8.66. The van der Waals surface area contributed by atoms with Crippen molar-refractivity contribution in [3.05, 3.63) is 46.2 Å². The number of aryl methyl sites for hydroxylation is 1. The SMILES string of the molecule is Cc1cc(=O)n(O)c2ccccc12. The number of nitrogens with zero attached hydrogens (tertiary/aromatic N) is 1. The Hall–Kier alpha value is -1.77. The molecule has 0 fully saturated rings. The number of pyridine rings is 1. The van der Waals surface area contributed by atoms with Crippen LogP contribution in [0.15, 0.2) is 35.1 Å². The van der Waals surface area contributed by atoms with E-state index in [4.69, 9.17) is 0 Å². The molecule has 0 amide bonds. The topological polar surface area (TPSA) is 42.2 Å². The molecule has 3 nitrogen and oxygen atoms in total. The fourth-order valence-electron chi connectivity index (χ4n) is 1.43. The van der Waals surface area contributed by atoms with Crippen molar-refractivity contribution >= 4 is 10.9 Å². The highest BCUT2D eigenvalue weighted by molar-refractivity contribution is 5.81. The maximum absolute atomic E-state index is 11.2. The van der Waals surface area contributed by atoms with Gasteiger partial charge >= 0.3 is 0 Å². The van der Waals surface area contributed by atoms with Crippen molar-refractivity contribution in [3.8, 4) is 0 Å². The van der Waals surface area contributed by atoms with E-state index in [0.717, 1.165) is 10.9 Å². The highest BCUT2D eigenvalue weighted by atomic mass is 16.5. The van der Waals surface area contributed by atoms with Crippen molar-refractivity contribution in [3.63, 3.8) is 0 Å². The first-order valence-electron chi connectivity index (χ1n) is 4.01. The van der Waals surface area contributed by atoms with Gasteiger partial charge in [-0.15, -0.1) is 4.73 Å². The summed E-state index contributed by atoms with van der Waals surface area (Å²) < 4.78 is 0.669. The number of hydrogen-bond acceptors (Lipinski definition) is 2. The predicted octanol–water partition coefficient (Wildman–Crippen LogP) is 1.55. The van der Waals surface area contributed by atoms with E-state index in [1.807, 2.05) is 19.1 Å². The van der Waals surface area contributed by atoms with E-state index in [9.17, 15) is 10.0 Å². The van der Waals surface area contributed by atoms with Crippen LogP contribution in [0, 0.1) is 6.92 Å². The van der Waals surface area contributed by atoms with Gasteiger partial charge in [0.15, 0.2) is 0 Å². The van der Waals surface area contributed by atoms with Crippen molar-refractivity contribution in [1.29, 1.82) is 0 Å². The zero-order valence-corrected chi connectivity index (χ0v) is 7.19. The largest absolute Gasteiger partial charge is 0.425 e. The first-order chi connectivity index (χ1) is 6.20. The molecule has 1 aromatic carbocycles. The van der Waals surface area contributed by atoms with Crippen LogP contribution in [0.25, 0.3) is 10.9 Å². The Morgan fingerprint density at radius 1 is 1.31 bits per heavy atom. The lowest BCUT2D eigenvalue weighted by atomic mass is 10.1. The van der Waals surface area contributed by atoms with Crippen LogP contribution in [0.4, 0.5) is 0 Å². The number of hydrogen-bond donors (Lipinski definition) is 1. The fourth-order valence-corrected chi connectivity index (χ4v) is 1.43. The Balaban J connectivity index is 3.06. The average molecular weight is 175 g/mol. The van der Waals surface area contributed by atoms with E-state index in [-0.39, 0.29) is 0 Å². The molecule has 1 N–H and O–H groups in total. The number of benzene rings is 1. The first kappa shape index (κ1) is 7.86. The summed E-state index contributed by atoms with van der Waals surface area (Å²) in [4.78, 5) is 11.2. The molecular weight excluding hydrogens is 166 g/mol. The summed E-state index contributed by atoms with van der Waals surface area (Å²) in [5, 5.41) is 10.3. The molecule has 0 aliphatic rings. The smallest absolute Gasteiger partial charge is 0.283 e. The molecule has 2 rings (SSSR count). The van der Waals surface area contributed by atoms with Crippen molar-refractivity contribution in [1.82, 2.24) is 4.73 Å². The third kappa shape index (κ3) is 1.09. The van der Waals surface area contributed by atoms with Crippen LogP contribution >= 0.6 is 0 Å². The van der Waals surface area contributed by atoms with Crippen molar-refractivity contribution in [2.75, 3.05) is 0 Å². The monoisotopic (exact) mass is 175 g/mol. The number of aromatic nitrogens is 1. The number of para-hydroxylation sites is 1. The molecule has 2 aromatic rings. The van der Waals surface area contributed by atoms with E-state index in [1.54, 1.807) is 12.1 Å². The van der Waals surface area contributed by atoms with Crippen molar-refractivity contribution < 1.29 is 5.21 Å². The van der Waals surface area contributed by atoms with Crippen LogP contribution in [-0.2, 0) is 0 Å². The second-order valence-electron chi connectivity index (χ2n) is 2.99. The molecule has 1 heterocycles. The summed E-state index contributed by atoms with van der Waals surface area (Å²) in [6.45, 7) is 1.85. The molecule has 3 heteroatoms. The third-order valence-electron chi connectivity index (χ3n) is 2.11. The molecule has 0 spiro atoms. The summed E-state index contributed by atoms with van der Waals surface area (Å²) >= 11 is 0. The van der Waals surface area contributed by atoms with Crippen molar-refractivity contribution in [2.24, 2.45) is 0 Å². The lowest BCUT2D eigenvalue weighted by molar-refractivity contribution is 0.188. The van der Waals surface area contributed by atoms with Gasteiger partial charge in [-0.05, 0) is 18.6 Å². The van der Waals surface area contributed by atoms with E-state index in [2.05, 4.69) is 0 Å². The Labute approximate surface area is 74.8 Å². The summed E-state index contributed by atoms with van der Waals surface area (Å²) in [5.74, 6) is 0. The molecule has 66 valence electrons. The Bertz CT molecular complexity index is 514. The number of fused-ring (bicyclic) bond motifs is 1. The molecule has 0 aliphatic heterocycles. The lowest BCUT2D eigenvalue weighted by Gasteiger charge is -2.04. The van der Waals surface area contributed by atoms with Gasteiger partial charge < -0.3 is 5.21 Å². The molecule has 0 saturated carbocycles. The minimum atomic E-state index is -0.392. The lowest BCUT2D eigenvalue weighted by Crippen LogP contribution is -2.17. The van der Waals surface area contributed by atoms with Crippen LogP contribution in [0.3, 0.4) is 0 Å². The quantitative estimate of drug-likeness (QED) is 0.617. The normalized spacial score (nSPS) is 10.5. The summed E-state index contributed by atoms with van der Waals surface area (Å²) in [5.41, 5.74) is 1.04. The second kappa shape index (κ2) is 2.62. The first-order valence-corrected chi connectivity index (χ1v) is 4.01. The second-order valence-corrected chi connectivity index (χ2v) is 2.99. The molecule has 1 aromatic heterocycles. The molecule has 0 atom stereocenters. The summed E-state index contributed by atoms with van der Waals surface area (Å²) in [6.07, 6.45) is 0. The molecular formula is C10H9NO2. The van der Waals surface area contributed by atoms with E-state index >= 15 is 0 Å². The highest BCUT2D eigenvalue weighted by Gasteiger charge is 2.02. The molecule has 0 bridgehead atoms. The van der Waals surface area contributed by atoms with Gasteiger partial charge in [-0.25, -0.2) is 0 Å². The average Bonchev–Trinajstić information content (AvgIpc) is 2.15. The van der Waals surface area contributed by atoms with E-state index in [1.165, 1.54) is 6.07 Å². The Kier molecular flexibility index (Phi) is 1.59. The number of rotatable bonds is 0. The van der Waals surface area contributed by atoms with Crippen LogP contribution in [-0.4, -0.2) is 9.94 Å². The standard InChI is InChI=1S/C10H9NO2/c1-7-6-10(12)11(13)9-5-3-2-4-8(7)9/h2-6,13H,1H3. The van der Waals surface area contributed by atoms with Crippen molar-refractivity contribution in [2.45, 2.75) is 6.92 Å². The molecule has 0 radical (unpaired) electrons. The van der Waals surface area contributed by atoms with Gasteiger partial charge in [-0.1, -0.05) is 18.2 Å². The van der Waals surface area contributed by atoms with Gasteiger partial charge in [0.2, 0.25) is 0 Å². The molecule has 13 heavy (non-hydrogen) atoms. The highest BCUT2D eigenvalue weighted by Crippen LogP contribution is 2.14. The van der Waals surface area contributed by atoms with Crippen LogP contribution in [0.5, 0.6) is 0 Å². The minimum Gasteiger partial charge on any atom is -0.425 e. The zero-order chi connectivity index (χ0) is 9.42. The van der Waals surface area contributed by atoms with Gasteiger partial charge in [-0.3, -0.25) is 4.79 Å². The Morgan fingerprint density at radius 2 is 2.00 bits per heavy atom. The minimum absolute atomic E-state index is 0.392. The van der Waals surface area contributed by atoms with Gasteiger partial charge in [0, 0.05) is 11.5 Å². The molecule has 0 aliphatic carbocycles.